The maximum atomic E-state index is 12.6. The van der Waals surface area contributed by atoms with Gasteiger partial charge in [0.2, 0.25) is 0 Å². The van der Waals surface area contributed by atoms with Gasteiger partial charge >= 0.3 is 6.18 Å². The average Bonchev–Trinajstić information content (AvgIpc) is 2.75. The maximum absolute atomic E-state index is 12.6. The first-order valence-corrected chi connectivity index (χ1v) is 6.83. The Morgan fingerprint density at radius 1 is 1.26 bits per heavy atom. The minimum Gasteiger partial charge on any atom is -0.312 e. The highest BCUT2D eigenvalue weighted by atomic mass is 19.4. The van der Waals surface area contributed by atoms with Gasteiger partial charge in [-0.2, -0.15) is 13.2 Å². The standard InChI is InChI=1S/C15H20F3N/c1-11-4-2-6-13(11)10-19-9-12-5-3-7-14(8-12)15(16,17)18/h3,5,7-8,11,13,19H,2,4,6,9-10H2,1H3. The van der Waals surface area contributed by atoms with Gasteiger partial charge in [-0.25, -0.2) is 0 Å². The van der Waals surface area contributed by atoms with Crippen LogP contribution in [0.2, 0.25) is 0 Å². The summed E-state index contributed by atoms with van der Waals surface area (Å²) >= 11 is 0. The number of rotatable bonds is 4. The van der Waals surface area contributed by atoms with E-state index >= 15 is 0 Å². The molecule has 0 bridgehead atoms. The molecule has 1 saturated carbocycles. The zero-order valence-electron chi connectivity index (χ0n) is 11.1. The molecule has 0 aliphatic heterocycles. The molecule has 0 heterocycles. The largest absolute Gasteiger partial charge is 0.416 e. The lowest BCUT2D eigenvalue weighted by molar-refractivity contribution is -0.137. The van der Waals surface area contributed by atoms with Crippen molar-refractivity contribution in [2.45, 2.75) is 38.9 Å². The van der Waals surface area contributed by atoms with E-state index in [-0.39, 0.29) is 0 Å². The summed E-state index contributed by atoms with van der Waals surface area (Å²) in [6.07, 6.45) is -0.473. The highest BCUT2D eigenvalue weighted by Gasteiger charge is 2.30. The van der Waals surface area contributed by atoms with Gasteiger partial charge in [-0.05, 0) is 36.4 Å². The molecule has 0 saturated heterocycles. The van der Waals surface area contributed by atoms with Gasteiger partial charge in [0.05, 0.1) is 5.56 Å². The molecule has 0 amide bonds. The van der Waals surface area contributed by atoms with Gasteiger partial charge in [-0.15, -0.1) is 0 Å². The molecule has 2 unspecified atom stereocenters. The van der Waals surface area contributed by atoms with Crippen LogP contribution in [0, 0.1) is 11.8 Å². The lowest BCUT2D eigenvalue weighted by atomic mass is 9.98. The lowest BCUT2D eigenvalue weighted by Crippen LogP contribution is -2.24. The van der Waals surface area contributed by atoms with E-state index in [2.05, 4.69) is 12.2 Å². The van der Waals surface area contributed by atoms with Crippen LogP contribution in [0.4, 0.5) is 13.2 Å². The first-order valence-electron chi connectivity index (χ1n) is 6.83. The molecule has 1 aromatic rings. The minimum atomic E-state index is -4.25. The topological polar surface area (TPSA) is 12.0 Å². The van der Waals surface area contributed by atoms with E-state index < -0.39 is 11.7 Å². The molecule has 1 aliphatic carbocycles. The second-order valence-electron chi connectivity index (χ2n) is 5.50. The molecule has 0 spiro atoms. The van der Waals surface area contributed by atoms with Gasteiger partial charge < -0.3 is 5.32 Å². The number of nitrogens with one attached hydrogen (secondary N) is 1. The lowest BCUT2D eigenvalue weighted by Gasteiger charge is -2.16. The second-order valence-corrected chi connectivity index (χ2v) is 5.50. The van der Waals surface area contributed by atoms with Crippen molar-refractivity contribution in [1.82, 2.24) is 5.32 Å². The third-order valence-electron chi connectivity index (χ3n) is 4.03. The fourth-order valence-electron chi connectivity index (χ4n) is 2.79. The van der Waals surface area contributed by atoms with Crippen molar-refractivity contribution in [3.63, 3.8) is 0 Å². The van der Waals surface area contributed by atoms with E-state index in [1.165, 1.54) is 31.4 Å². The molecular weight excluding hydrogens is 251 g/mol. The Bertz CT molecular complexity index is 414. The molecule has 1 N–H and O–H groups in total. The molecule has 1 nitrogen and oxygen atoms in total. The second kappa shape index (κ2) is 5.95. The van der Waals surface area contributed by atoms with Crippen molar-refractivity contribution in [2.24, 2.45) is 11.8 Å². The average molecular weight is 271 g/mol. The molecule has 106 valence electrons. The van der Waals surface area contributed by atoms with Crippen molar-refractivity contribution in [3.8, 4) is 0 Å². The summed E-state index contributed by atoms with van der Waals surface area (Å²) in [7, 11) is 0. The van der Waals surface area contributed by atoms with Gasteiger partial charge in [0.1, 0.15) is 0 Å². The Morgan fingerprint density at radius 3 is 2.68 bits per heavy atom. The van der Waals surface area contributed by atoms with E-state index in [0.717, 1.165) is 18.5 Å². The SMILES string of the molecule is CC1CCCC1CNCc1cccc(C(F)(F)F)c1. The monoisotopic (exact) mass is 271 g/mol. The Labute approximate surface area is 112 Å². The molecule has 0 aromatic heterocycles. The molecule has 4 heteroatoms. The number of hydrogen-bond acceptors (Lipinski definition) is 1. The Balaban J connectivity index is 1.86. The van der Waals surface area contributed by atoms with Crippen molar-refractivity contribution < 1.29 is 13.2 Å². The third kappa shape index (κ3) is 3.96. The third-order valence-corrected chi connectivity index (χ3v) is 4.03. The van der Waals surface area contributed by atoms with E-state index in [1.807, 2.05) is 0 Å². The Morgan fingerprint density at radius 2 is 2.05 bits per heavy atom. The van der Waals surface area contributed by atoms with Crippen LogP contribution in [0.1, 0.15) is 37.3 Å². The van der Waals surface area contributed by atoms with Gasteiger partial charge in [0.25, 0.3) is 0 Å². The highest BCUT2D eigenvalue weighted by Crippen LogP contribution is 2.31. The van der Waals surface area contributed by atoms with Crippen LogP contribution < -0.4 is 5.32 Å². The molecule has 19 heavy (non-hydrogen) atoms. The van der Waals surface area contributed by atoms with Crippen molar-refractivity contribution in [1.29, 1.82) is 0 Å². The van der Waals surface area contributed by atoms with Crippen LogP contribution in [0.5, 0.6) is 0 Å². The predicted molar refractivity (Wildman–Crippen MR) is 69.7 cm³/mol. The highest BCUT2D eigenvalue weighted by molar-refractivity contribution is 5.25. The van der Waals surface area contributed by atoms with Crippen LogP contribution in [0.3, 0.4) is 0 Å². The first-order chi connectivity index (χ1) is 8.97. The number of hydrogen-bond donors (Lipinski definition) is 1. The van der Waals surface area contributed by atoms with Crippen molar-refractivity contribution in [2.75, 3.05) is 6.54 Å². The van der Waals surface area contributed by atoms with Gasteiger partial charge in [-0.3, -0.25) is 0 Å². The zero-order valence-corrected chi connectivity index (χ0v) is 11.1. The Kier molecular flexibility index (Phi) is 4.50. The molecule has 1 fully saturated rings. The van der Waals surface area contributed by atoms with E-state index in [9.17, 15) is 13.2 Å². The van der Waals surface area contributed by atoms with Crippen LogP contribution in [0.25, 0.3) is 0 Å². The summed E-state index contributed by atoms with van der Waals surface area (Å²) in [6.45, 7) is 3.66. The van der Waals surface area contributed by atoms with E-state index in [0.29, 0.717) is 18.0 Å². The quantitative estimate of drug-likeness (QED) is 0.864. The van der Waals surface area contributed by atoms with E-state index in [4.69, 9.17) is 0 Å². The normalized spacial score (nSPS) is 23.8. The number of halogens is 3. The van der Waals surface area contributed by atoms with E-state index in [1.54, 1.807) is 6.07 Å². The van der Waals surface area contributed by atoms with Crippen molar-refractivity contribution >= 4 is 0 Å². The molecule has 0 radical (unpaired) electrons. The summed E-state index contributed by atoms with van der Waals surface area (Å²) in [5.41, 5.74) is 0.126. The maximum Gasteiger partial charge on any atom is 0.416 e. The molecule has 1 aliphatic rings. The molecule has 2 atom stereocenters. The summed E-state index contributed by atoms with van der Waals surface area (Å²) in [5, 5.41) is 3.29. The van der Waals surface area contributed by atoms with Crippen LogP contribution in [0.15, 0.2) is 24.3 Å². The van der Waals surface area contributed by atoms with Crippen LogP contribution in [-0.2, 0) is 12.7 Å². The predicted octanol–water partition coefficient (Wildman–Crippen LogP) is 4.23. The fourth-order valence-corrected chi connectivity index (χ4v) is 2.79. The summed E-state index contributed by atoms with van der Waals surface area (Å²) in [5.74, 6) is 1.40. The molecular formula is C15H20F3N. The van der Waals surface area contributed by atoms with Gasteiger partial charge in [-0.1, -0.05) is 38.0 Å². The van der Waals surface area contributed by atoms with Crippen molar-refractivity contribution in [3.05, 3.63) is 35.4 Å². The van der Waals surface area contributed by atoms with Crippen LogP contribution >= 0.6 is 0 Å². The number of alkyl halides is 3. The summed E-state index contributed by atoms with van der Waals surface area (Å²) < 4.78 is 37.7. The Hall–Kier alpha value is -1.03. The smallest absolute Gasteiger partial charge is 0.312 e. The van der Waals surface area contributed by atoms with Gasteiger partial charge in [0, 0.05) is 6.54 Å². The molecule has 2 rings (SSSR count). The number of benzene rings is 1. The fraction of sp³-hybridized carbons (Fsp3) is 0.600. The van der Waals surface area contributed by atoms with Gasteiger partial charge in [0.15, 0.2) is 0 Å². The molecule has 1 aromatic carbocycles. The zero-order chi connectivity index (χ0) is 13.9. The first kappa shape index (κ1) is 14.4. The minimum absolute atomic E-state index is 0.507. The summed E-state index contributed by atoms with van der Waals surface area (Å²) in [6, 6.07) is 5.55. The van der Waals surface area contributed by atoms with Crippen LogP contribution in [-0.4, -0.2) is 6.54 Å². The summed E-state index contributed by atoms with van der Waals surface area (Å²) in [4.78, 5) is 0.